The first-order valence-electron chi connectivity index (χ1n) is 7.68. The highest BCUT2D eigenvalue weighted by molar-refractivity contribution is 7.99. The first kappa shape index (κ1) is 16.6. The van der Waals surface area contributed by atoms with Gasteiger partial charge in [0.1, 0.15) is 5.75 Å². The molecule has 3 nitrogen and oxygen atoms in total. The van der Waals surface area contributed by atoms with E-state index in [1.54, 1.807) is 18.9 Å². The number of rotatable bonds is 7. The minimum absolute atomic E-state index is 0.560. The number of aryl methyl sites for hydroxylation is 1. The summed E-state index contributed by atoms with van der Waals surface area (Å²) in [7, 11) is 1.68. The van der Waals surface area contributed by atoms with Gasteiger partial charge in [0.15, 0.2) is 0 Å². The predicted octanol–water partition coefficient (Wildman–Crippen LogP) is 4.90. The zero-order valence-electron chi connectivity index (χ0n) is 13.5. The molecule has 0 saturated heterocycles. The number of methoxy groups -OCH3 is 1. The Kier molecular flexibility index (Phi) is 6.09. The third kappa shape index (κ3) is 3.72. The van der Waals surface area contributed by atoms with Gasteiger partial charge >= 0.3 is 0 Å². The second-order valence-electron chi connectivity index (χ2n) is 5.25. The molecular weight excluding hydrogens is 292 g/mol. The van der Waals surface area contributed by atoms with Crippen molar-refractivity contribution in [1.29, 1.82) is 5.26 Å². The number of unbranched alkanes of at least 4 members (excludes halogenated alkanes) is 1. The van der Waals surface area contributed by atoms with Gasteiger partial charge in [0, 0.05) is 28.1 Å². The number of hydrogen-bond acceptors (Lipinski definition) is 4. The molecule has 0 aliphatic carbocycles. The van der Waals surface area contributed by atoms with Crippen molar-refractivity contribution in [2.75, 3.05) is 12.9 Å². The zero-order chi connectivity index (χ0) is 15.9. The van der Waals surface area contributed by atoms with Crippen LogP contribution < -0.4 is 4.74 Å². The molecule has 0 amide bonds. The van der Waals surface area contributed by atoms with Gasteiger partial charge in [-0.15, -0.1) is 11.8 Å². The van der Waals surface area contributed by atoms with E-state index in [2.05, 4.69) is 26.0 Å². The van der Waals surface area contributed by atoms with E-state index in [0.29, 0.717) is 6.42 Å². The van der Waals surface area contributed by atoms with Crippen molar-refractivity contribution in [1.82, 2.24) is 4.98 Å². The molecule has 0 atom stereocenters. The number of aromatic nitrogens is 1. The number of benzene rings is 1. The highest BCUT2D eigenvalue weighted by Crippen LogP contribution is 2.35. The van der Waals surface area contributed by atoms with Crippen molar-refractivity contribution in [2.45, 2.75) is 44.4 Å². The summed E-state index contributed by atoms with van der Waals surface area (Å²) in [6.45, 7) is 4.29. The van der Waals surface area contributed by atoms with Gasteiger partial charge in [-0.3, -0.25) is 4.98 Å². The smallest absolute Gasteiger partial charge is 0.119 e. The van der Waals surface area contributed by atoms with Crippen molar-refractivity contribution in [3.05, 3.63) is 29.5 Å². The molecule has 0 aliphatic rings. The fourth-order valence-electron chi connectivity index (χ4n) is 2.51. The Balaban J connectivity index is 2.55. The minimum Gasteiger partial charge on any atom is -0.497 e. The fourth-order valence-corrected chi connectivity index (χ4v) is 3.65. The van der Waals surface area contributed by atoms with Crippen LogP contribution in [0.25, 0.3) is 10.9 Å². The molecule has 0 fully saturated rings. The Morgan fingerprint density at radius 3 is 2.86 bits per heavy atom. The third-order valence-corrected chi connectivity index (χ3v) is 4.85. The van der Waals surface area contributed by atoms with Crippen molar-refractivity contribution in [2.24, 2.45) is 0 Å². The van der Waals surface area contributed by atoms with Crippen LogP contribution in [0.3, 0.4) is 0 Å². The van der Waals surface area contributed by atoms with E-state index in [1.807, 2.05) is 12.1 Å². The van der Waals surface area contributed by atoms with Crippen LogP contribution in [0, 0.1) is 18.3 Å². The number of fused-ring (bicyclic) bond motifs is 1. The lowest BCUT2D eigenvalue weighted by Crippen LogP contribution is -1.99. The Labute approximate surface area is 136 Å². The van der Waals surface area contributed by atoms with Crippen molar-refractivity contribution < 1.29 is 4.74 Å². The average Bonchev–Trinajstić information content (AvgIpc) is 2.53. The van der Waals surface area contributed by atoms with E-state index in [0.717, 1.165) is 47.4 Å². The molecular formula is C18H22N2OS. The van der Waals surface area contributed by atoms with Gasteiger partial charge in [-0.1, -0.05) is 13.3 Å². The maximum Gasteiger partial charge on any atom is 0.119 e. The predicted molar refractivity (Wildman–Crippen MR) is 92.6 cm³/mol. The average molecular weight is 314 g/mol. The topological polar surface area (TPSA) is 45.9 Å². The number of thioether (sulfide) groups is 1. The molecule has 2 rings (SSSR count). The normalized spacial score (nSPS) is 10.6. The summed E-state index contributed by atoms with van der Waals surface area (Å²) in [5, 5.41) is 9.95. The maximum atomic E-state index is 8.81. The number of hydrogen-bond donors (Lipinski definition) is 0. The molecule has 0 spiro atoms. The number of nitriles is 1. The lowest BCUT2D eigenvalue weighted by Gasteiger charge is -2.15. The van der Waals surface area contributed by atoms with Gasteiger partial charge in [0.25, 0.3) is 0 Å². The van der Waals surface area contributed by atoms with Crippen LogP contribution in [-0.2, 0) is 6.42 Å². The van der Waals surface area contributed by atoms with Crippen LogP contribution in [0.2, 0.25) is 0 Å². The first-order chi connectivity index (χ1) is 10.7. The molecule has 1 heterocycles. The first-order valence-corrected chi connectivity index (χ1v) is 8.66. The highest BCUT2D eigenvalue weighted by Gasteiger charge is 2.13. The van der Waals surface area contributed by atoms with Gasteiger partial charge in [-0.25, -0.2) is 0 Å². The molecule has 0 aliphatic heterocycles. The van der Waals surface area contributed by atoms with Crippen LogP contribution in [0.5, 0.6) is 5.75 Å². The molecule has 0 bridgehead atoms. The van der Waals surface area contributed by atoms with E-state index in [9.17, 15) is 0 Å². The minimum atomic E-state index is 0.560. The highest BCUT2D eigenvalue weighted by atomic mass is 32.2. The second kappa shape index (κ2) is 8.05. The standard InChI is InChI=1S/C18H22N2OS/c1-4-5-7-15-13(2)20-17-9-8-14(21-3)12-16(17)18(15)22-11-6-10-19/h8-9,12H,4-7,11H2,1-3H3. The van der Waals surface area contributed by atoms with Gasteiger partial charge in [-0.05, 0) is 43.5 Å². The molecule has 0 unspecified atom stereocenters. The molecule has 0 radical (unpaired) electrons. The molecule has 1 aromatic heterocycles. The number of nitrogens with zero attached hydrogens (tertiary/aromatic N) is 2. The summed E-state index contributed by atoms with van der Waals surface area (Å²) in [6.07, 6.45) is 3.92. The van der Waals surface area contributed by atoms with Gasteiger partial charge in [-0.2, -0.15) is 5.26 Å². The SMILES string of the molecule is CCCCc1c(C)nc2ccc(OC)cc2c1SCCC#N. The molecule has 2 aromatic rings. The fraction of sp³-hybridized carbons (Fsp3) is 0.444. The molecule has 1 aromatic carbocycles. The van der Waals surface area contributed by atoms with Crippen LogP contribution in [0.1, 0.15) is 37.4 Å². The number of ether oxygens (including phenoxy) is 1. The summed E-state index contributed by atoms with van der Waals surface area (Å²) in [5.41, 5.74) is 3.43. The quantitative estimate of drug-likeness (QED) is 0.538. The Bertz CT molecular complexity index is 692. The van der Waals surface area contributed by atoms with Crippen molar-refractivity contribution in [3.8, 4) is 11.8 Å². The van der Waals surface area contributed by atoms with Crippen molar-refractivity contribution in [3.63, 3.8) is 0 Å². The van der Waals surface area contributed by atoms with Crippen LogP contribution in [0.15, 0.2) is 23.1 Å². The van der Waals surface area contributed by atoms with E-state index in [4.69, 9.17) is 15.0 Å². The van der Waals surface area contributed by atoms with E-state index >= 15 is 0 Å². The summed E-state index contributed by atoms with van der Waals surface area (Å²) < 4.78 is 5.36. The van der Waals surface area contributed by atoms with Crippen LogP contribution in [0.4, 0.5) is 0 Å². The van der Waals surface area contributed by atoms with Gasteiger partial charge in [0.05, 0.1) is 18.7 Å². The van der Waals surface area contributed by atoms with E-state index in [1.165, 1.54) is 10.5 Å². The monoisotopic (exact) mass is 314 g/mol. The maximum absolute atomic E-state index is 8.81. The second-order valence-corrected chi connectivity index (χ2v) is 6.35. The largest absolute Gasteiger partial charge is 0.497 e. The van der Waals surface area contributed by atoms with Crippen LogP contribution in [-0.4, -0.2) is 17.8 Å². The third-order valence-electron chi connectivity index (χ3n) is 3.69. The van der Waals surface area contributed by atoms with Crippen LogP contribution >= 0.6 is 11.8 Å². The molecule has 4 heteroatoms. The lowest BCUT2D eigenvalue weighted by atomic mass is 10.0. The van der Waals surface area contributed by atoms with Gasteiger partial charge < -0.3 is 4.74 Å². The summed E-state index contributed by atoms with van der Waals surface area (Å²) in [4.78, 5) is 6.03. The molecule has 0 saturated carbocycles. The Morgan fingerprint density at radius 1 is 1.36 bits per heavy atom. The van der Waals surface area contributed by atoms with E-state index in [-0.39, 0.29) is 0 Å². The summed E-state index contributed by atoms with van der Waals surface area (Å²) >= 11 is 1.77. The van der Waals surface area contributed by atoms with Crippen molar-refractivity contribution >= 4 is 22.7 Å². The van der Waals surface area contributed by atoms with Gasteiger partial charge in [0.2, 0.25) is 0 Å². The Hall–Kier alpha value is -1.73. The Morgan fingerprint density at radius 2 is 2.18 bits per heavy atom. The lowest BCUT2D eigenvalue weighted by molar-refractivity contribution is 0.415. The summed E-state index contributed by atoms with van der Waals surface area (Å²) in [5.74, 6) is 1.66. The molecule has 22 heavy (non-hydrogen) atoms. The molecule has 116 valence electrons. The summed E-state index contributed by atoms with van der Waals surface area (Å²) in [6, 6.07) is 8.25. The zero-order valence-corrected chi connectivity index (χ0v) is 14.3. The molecule has 0 N–H and O–H groups in total. The van der Waals surface area contributed by atoms with E-state index < -0.39 is 0 Å². The number of pyridine rings is 1.